The van der Waals surface area contributed by atoms with E-state index in [9.17, 15) is 4.79 Å². The van der Waals surface area contributed by atoms with E-state index in [1.165, 1.54) is 6.21 Å². The zero-order valence-corrected chi connectivity index (χ0v) is 14.4. The molecular weight excluding hydrogens is 340 g/mol. The molecule has 1 amide bonds. The molecule has 132 valence electrons. The predicted octanol–water partition coefficient (Wildman–Crippen LogP) is 3.15. The first-order valence-electron chi connectivity index (χ1n) is 8.20. The summed E-state index contributed by atoms with van der Waals surface area (Å²) >= 11 is 0. The van der Waals surface area contributed by atoms with E-state index < -0.39 is 0 Å². The van der Waals surface area contributed by atoms with E-state index >= 15 is 0 Å². The maximum absolute atomic E-state index is 11.8. The van der Waals surface area contributed by atoms with E-state index in [2.05, 4.69) is 21.6 Å². The molecule has 6 heteroatoms. The van der Waals surface area contributed by atoms with Crippen molar-refractivity contribution in [2.24, 2.45) is 5.10 Å². The third-order valence-corrected chi connectivity index (χ3v) is 3.68. The number of hydrogen-bond donors (Lipinski definition) is 1. The lowest BCUT2D eigenvalue weighted by Gasteiger charge is -2.07. The Hall–Kier alpha value is -3.98. The number of benzene rings is 2. The molecule has 1 aromatic heterocycles. The molecule has 3 rings (SSSR count). The molecular formula is C21H16N4O2. The van der Waals surface area contributed by atoms with Gasteiger partial charge in [-0.1, -0.05) is 24.3 Å². The topological polar surface area (TPSA) is 87.4 Å². The van der Waals surface area contributed by atoms with Crippen molar-refractivity contribution in [1.82, 2.24) is 10.4 Å². The summed E-state index contributed by atoms with van der Waals surface area (Å²) < 4.78 is 5.46. The smallest absolute Gasteiger partial charge is 0.277 e. The molecule has 0 fully saturated rings. The Balaban J connectivity index is 1.50. The van der Waals surface area contributed by atoms with Crippen molar-refractivity contribution in [3.8, 4) is 22.9 Å². The Morgan fingerprint density at radius 2 is 1.67 bits per heavy atom. The molecule has 0 aliphatic heterocycles. The summed E-state index contributed by atoms with van der Waals surface area (Å²) in [5.41, 5.74) is 5.87. The molecule has 0 atom stereocenters. The number of nitrogens with one attached hydrogen (secondary N) is 1. The minimum Gasteiger partial charge on any atom is -0.484 e. The standard InChI is InChI=1S/C21H16N4O2/c22-13-16-1-3-18(4-2-16)19-5-7-20(8-6-19)27-15-21(26)25-24-14-17-9-11-23-12-10-17/h1-12,14H,15H2,(H,25,26)/b24-14-. The molecule has 27 heavy (non-hydrogen) atoms. The molecule has 0 radical (unpaired) electrons. The molecule has 3 aromatic rings. The van der Waals surface area contributed by atoms with Gasteiger partial charge < -0.3 is 4.74 Å². The molecule has 0 spiro atoms. The van der Waals surface area contributed by atoms with E-state index in [-0.39, 0.29) is 12.5 Å². The van der Waals surface area contributed by atoms with Crippen molar-refractivity contribution >= 4 is 12.1 Å². The molecule has 0 saturated carbocycles. The van der Waals surface area contributed by atoms with Crippen molar-refractivity contribution in [2.75, 3.05) is 6.61 Å². The maximum atomic E-state index is 11.8. The monoisotopic (exact) mass is 356 g/mol. The number of hydrazone groups is 1. The van der Waals surface area contributed by atoms with Crippen LogP contribution in [0.15, 0.2) is 78.2 Å². The fourth-order valence-electron chi connectivity index (χ4n) is 2.29. The third-order valence-electron chi connectivity index (χ3n) is 3.68. The number of hydrogen-bond acceptors (Lipinski definition) is 5. The zero-order chi connectivity index (χ0) is 18.9. The number of aromatic nitrogens is 1. The minimum absolute atomic E-state index is 0.135. The number of pyridine rings is 1. The molecule has 0 bridgehead atoms. The van der Waals surface area contributed by atoms with Gasteiger partial charge in [-0.3, -0.25) is 9.78 Å². The fourth-order valence-corrected chi connectivity index (χ4v) is 2.29. The highest BCUT2D eigenvalue weighted by atomic mass is 16.5. The van der Waals surface area contributed by atoms with Crippen LogP contribution in [-0.4, -0.2) is 23.7 Å². The van der Waals surface area contributed by atoms with Crippen LogP contribution in [0.1, 0.15) is 11.1 Å². The predicted molar refractivity (Wildman–Crippen MR) is 102 cm³/mol. The van der Waals surface area contributed by atoms with Crippen LogP contribution in [0.25, 0.3) is 11.1 Å². The number of amides is 1. The Morgan fingerprint density at radius 3 is 2.30 bits per heavy atom. The second-order valence-corrected chi connectivity index (χ2v) is 5.58. The van der Waals surface area contributed by atoms with Gasteiger partial charge in [-0.05, 0) is 53.1 Å². The van der Waals surface area contributed by atoms with Gasteiger partial charge in [0.1, 0.15) is 5.75 Å². The molecule has 6 nitrogen and oxygen atoms in total. The summed E-state index contributed by atoms with van der Waals surface area (Å²) in [5.74, 6) is 0.233. The van der Waals surface area contributed by atoms with Crippen LogP contribution in [-0.2, 0) is 4.79 Å². The van der Waals surface area contributed by atoms with Crippen molar-refractivity contribution in [3.63, 3.8) is 0 Å². The third kappa shape index (κ3) is 5.25. The zero-order valence-electron chi connectivity index (χ0n) is 14.4. The highest BCUT2D eigenvalue weighted by molar-refractivity contribution is 5.82. The van der Waals surface area contributed by atoms with Gasteiger partial charge in [-0.15, -0.1) is 0 Å². The number of rotatable bonds is 6. The Kier molecular flexibility index (Phi) is 5.89. The molecule has 2 aromatic carbocycles. The largest absolute Gasteiger partial charge is 0.484 e. The first kappa shape index (κ1) is 17.8. The molecule has 1 heterocycles. The maximum Gasteiger partial charge on any atom is 0.277 e. The van der Waals surface area contributed by atoms with Gasteiger partial charge in [-0.25, -0.2) is 5.43 Å². The van der Waals surface area contributed by atoms with Gasteiger partial charge in [0, 0.05) is 12.4 Å². The second kappa shape index (κ2) is 8.92. The number of carbonyl (C=O) groups is 1. The normalized spacial score (nSPS) is 10.3. The van der Waals surface area contributed by atoms with E-state index in [1.54, 1.807) is 48.8 Å². The Labute approximate surface area is 156 Å². The van der Waals surface area contributed by atoms with Crippen LogP contribution < -0.4 is 10.2 Å². The quantitative estimate of drug-likeness (QED) is 0.543. The summed E-state index contributed by atoms with van der Waals surface area (Å²) in [6, 6.07) is 20.4. The lowest BCUT2D eigenvalue weighted by molar-refractivity contribution is -0.123. The van der Waals surface area contributed by atoms with E-state index in [0.29, 0.717) is 11.3 Å². The molecule has 1 N–H and O–H groups in total. The highest BCUT2D eigenvalue weighted by Gasteiger charge is 2.03. The lowest BCUT2D eigenvalue weighted by Crippen LogP contribution is -2.24. The van der Waals surface area contributed by atoms with Gasteiger partial charge in [0.25, 0.3) is 5.91 Å². The summed E-state index contributed by atoms with van der Waals surface area (Å²) in [5, 5.41) is 12.7. The van der Waals surface area contributed by atoms with Crippen molar-refractivity contribution in [3.05, 3.63) is 84.2 Å². The molecule has 0 saturated heterocycles. The molecule has 0 aliphatic carbocycles. The Bertz CT molecular complexity index is 960. The molecule has 0 unspecified atom stereocenters. The lowest BCUT2D eigenvalue weighted by atomic mass is 10.0. The van der Waals surface area contributed by atoms with Gasteiger partial charge in [0.2, 0.25) is 0 Å². The Morgan fingerprint density at radius 1 is 1.04 bits per heavy atom. The second-order valence-electron chi connectivity index (χ2n) is 5.58. The number of ether oxygens (including phenoxy) is 1. The summed E-state index contributed by atoms with van der Waals surface area (Å²) in [6.45, 7) is -0.135. The van der Waals surface area contributed by atoms with Gasteiger partial charge in [-0.2, -0.15) is 10.4 Å². The number of carbonyl (C=O) groups excluding carboxylic acids is 1. The average Bonchev–Trinajstić information content (AvgIpc) is 2.73. The summed E-state index contributed by atoms with van der Waals surface area (Å²) in [6.07, 6.45) is 4.83. The molecule has 0 aliphatic rings. The van der Waals surface area contributed by atoms with E-state index in [0.717, 1.165) is 16.7 Å². The first-order chi connectivity index (χ1) is 13.2. The van der Waals surface area contributed by atoms with E-state index in [1.807, 2.05) is 24.3 Å². The van der Waals surface area contributed by atoms with Crippen molar-refractivity contribution in [2.45, 2.75) is 0 Å². The van der Waals surface area contributed by atoms with Crippen LogP contribution >= 0.6 is 0 Å². The van der Waals surface area contributed by atoms with Crippen LogP contribution in [0, 0.1) is 11.3 Å². The number of nitriles is 1. The summed E-state index contributed by atoms with van der Waals surface area (Å²) in [7, 11) is 0. The van der Waals surface area contributed by atoms with Crippen molar-refractivity contribution in [1.29, 1.82) is 5.26 Å². The van der Waals surface area contributed by atoms with Crippen LogP contribution in [0.5, 0.6) is 5.75 Å². The van der Waals surface area contributed by atoms with Gasteiger partial charge in [0.15, 0.2) is 6.61 Å². The first-order valence-corrected chi connectivity index (χ1v) is 8.20. The fraction of sp³-hybridized carbons (Fsp3) is 0.0476. The van der Waals surface area contributed by atoms with Gasteiger partial charge in [0.05, 0.1) is 17.8 Å². The van der Waals surface area contributed by atoms with E-state index in [4.69, 9.17) is 10.00 Å². The van der Waals surface area contributed by atoms with Crippen LogP contribution in [0.3, 0.4) is 0 Å². The SMILES string of the molecule is N#Cc1ccc(-c2ccc(OCC(=O)N/N=C\c3ccncc3)cc2)cc1. The van der Waals surface area contributed by atoms with Crippen LogP contribution in [0.2, 0.25) is 0 Å². The van der Waals surface area contributed by atoms with Crippen molar-refractivity contribution < 1.29 is 9.53 Å². The highest BCUT2D eigenvalue weighted by Crippen LogP contribution is 2.22. The number of nitrogens with zero attached hydrogens (tertiary/aromatic N) is 3. The van der Waals surface area contributed by atoms with Crippen LogP contribution in [0.4, 0.5) is 0 Å². The van der Waals surface area contributed by atoms with Gasteiger partial charge >= 0.3 is 0 Å². The average molecular weight is 356 g/mol. The summed E-state index contributed by atoms with van der Waals surface area (Å²) in [4.78, 5) is 15.7. The minimum atomic E-state index is -0.350.